The second-order valence-electron chi connectivity index (χ2n) is 4.11. The first-order valence-corrected chi connectivity index (χ1v) is 6.18. The maximum absolute atomic E-state index is 3.46. The molecule has 15 heavy (non-hydrogen) atoms. The number of aryl methyl sites for hydroxylation is 1. The Balaban J connectivity index is 2.52. The molecular weight excluding hydrogens is 184 g/mol. The van der Waals surface area contributed by atoms with Crippen molar-refractivity contribution in [1.82, 2.24) is 9.88 Å². The second-order valence-corrected chi connectivity index (χ2v) is 4.11. The summed E-state index contributed by atoms with van der Waals surface area (Å²) in [4.78, 5) is 0. The molecule has 2 nitrogen and oxygen atoms in total. The summed E-state index contributed by atoms with van der Waals surface area (Å²) in [6, 6.07) is 4.83. The minimum atomic E-state index is 0.464. The minimum absolute atomic E-state index is 0.464. The van der Waals surface area contributed by atoms with Crippen LogP contribution < -0.4 is 5.32 Å². The van der Waals surface area contributed by atoms with Gasteiger partial charge >= 0.3 is 0 Å². The molecule has 0 aliphatic heterocycles. The van der Waals surface area contributed by atoms with Crippen LogP contribution in [-0.4, -0.2) is 11.1 Å². The maximum atomic E-state index is 3.46. The van der Waals surface area contributed by atoms with Gasteiger partial charge in [0.2, 0.25) is 0 Å². The maximum Gasteiger partial charge on any atom is 0.0446 e. The lowest BCUT2D eigenvalue weighted by molar-refractivity contribution is 0.521. The van der Waals surface area contributed by atoms with Gasteiger partial charge in [0.1, 0.15) is 0 Å². The predicted octanol–water partition coefficient (Wildman–Crippen LogP) is 3.35. The smallest absolute Gasteiger partial charge is 0.0446 e. The number of hydrogen-bond acceptors (Lipinski definition) is 1. The first-order chi connectivity index (χ1) is 7.29. The van der Waals surface area contributed by atoms with E-state index in [2.05, 4.69) is 49.0 Å². The van der Waals surface area contributed by atoms with Gasteiger partial charge in [-0.05, 0) is 32.0 Å². The van der Waals surface area contributed by atoms with E-state index < -0.39 is 0 Å². The average molecular weight is 208 g/mol. The molecule has 0 amide bonds. The highest BCUT2D eigenvalue weighted by Crippen LogP contribution is 2.14. The first kappa shape index (κ1) is 12.3. The van der Waals surface area contributed by atoms with Crippen LogP contribution in [0.2, 0.25) is 0 Å². The average Bonchev–Trinajstić information content (AvgIpc) is 2.67. The van der Waals surface area contributed by atoms with Crippen molar-refractivity contribution in [1.29, 1.82) is 0 Å². The third-order valence-corrected chi connectivity index (χ3v) is 2.82. The Morgan fingerprint density at radius 1 is 1.33 bits per heavy atom. The number of nitrogens with zero attached hydrogens (tertiary/aromatic N) is 1. The molecule has 2 heteroatoms. The molecule has 0 aliphatic rings. The Morgan fingerprint density at radius 3 is 2.80 bits per heavy atom. The van der Waals surface area contributed by atoms with E-state index in [1.54, 1.807) is 0 Å². The summed E-state index contributed by atoms with van der Waals surface area (Å²) in [6.45, 7) is 8.82. The van der Waals surface area contributed by atoms with Crippen LogP contribution in [0.5, 0.6) is 0 Å². The standard InChI is InChI=1S/C13H24N2/c1-4-6-7-10-15-11-8-9-13(15)12(3)14-5-2/h8-9,11-12,14H,4-7,10H2,1-3H3. The molecule has 0 bridgehead atoms. The Morgan fingerprint density at radius 2 is 2.13 bits per heavy atom. The largest absolute Gasteiger partial charge is 0.350 e. The fraction of sp³-hybridized carbons (Fsp3) is 0.692. The summed E-state index contributed by atoms with van der Waals surface area (Å²) in [5, 5.41) is 3.46. The molecule has 0 radical (unpaired) electrons. The van der Waals surface area contributed by atoms with E-state index in [4.69, 9.17) is 0 Å². The Hall–Kier alpha value is -0.760. The van der Waals surface area contributed by atoms with Crippen molar-refractivity contribution in [2.45, 2.75) is 52.6 Å². The van der Waals surface area contributed by atoms with Gasteiger partial charge in [-0.1, -0.05) is 26.7 Å². The minimum Gasteiger partial charge on any atom is -0.350 e. The summed E-state index contributed by atoms with van der Waals surface area (Å²) in [5.74, 6) is 0. The van der Waals surface area contributed by atoms with Crippen LogP contribution in [-0.2, 0) is 6.54 Å². The van der Waals surface area contributed by atoms with E-state index in [0.717, 1.165) is 13.1 Å². The molecule has 1 aromatic rings. The van der Waals surface area contributed by atoms with Crippen molar-refractivity contribution >= 4 is 0 Å². The van der Waals surface area contributed by atoms with Gasteiger partial charge in [0.25, 0.3) is 0 Å². The van der Waals surface area contributed by atoms with Crippen molar-refractivity contribution in [2.24, 2.45) is 0 Å². The van der Waals surface area contributed by atoms with Crippen molar-refractivity contribution < 1.29 is 0 Å². The van der Waals surface area contributed by atoms with E-state index in [1.165, 1.54) is 25.0 Å². The number of rotatable bonds is 7. The molecule has 1 unspecified atom stereocenters. The molecule has 1 rings (SSSR count). The molecule has 0 fully saturated rings. The third kappa shape index (κ3) is 3.71. The van der Waals surface area contributed by atoms with Crippen LogP contribution in [0.25, 0.3) is 0 Å². The second kappa shape index (κ2) is 6.67. The molecule has 1 heterocycles. The van der Waals surface area contributed by atoms with Gasteiger partial charge in [0.15, 0.2) is 0 Å². The van der Waals surface area contributed by atoms with Crippen LogP contribution in [0.1, 0.15) is 51.8 Å². The zero-order chi connectivity index (χ0) is 11.1. The normalized spacial score (nSPS) is 13.0. The van der Waals surface area contributed by atoms with Gasteiger partial charge in [-0.25, -0.2) is 0 Å². The molecule has 0 saturated heterocycles. The molecule has 0 aliphatic carbocycles. The van der Waals surface area contributed by atoms with Crippen molar-refractivity contribution in [3.05, 3.63) is 24.0 Å². The van der Waals surface area contributed by atoms with Gasteiger partial charge in [0, 0.05) is 24.5 Å². The summed E-state index contributed by atoms with van der Waals surface area (Å²) in [5.41, 5.74) is 1.41. The molecule has 0 aromatic carbocycles. The highest BCUT2D eigenvalue weighted by atomic mass is 15.0. The lowest BCUT2D eigenvalue weighted by atomic mass is 10.2. The molecule has 0 spiro atoms. The summed E-state index contributed by atoms with van der Waals surface area (Å²) >= 11 is 0. The topological polar surface area (TPSA) is 17.0 Å². The summed E-state index contributed by atoms with van der Waals surface area (Å²) < 4.78 is 2.38. The lowest BCUT2D eigenvalue weighted by Crippen LogP contribution is -2.20. The highest BCUT2D eigenvalue weighted by molar-refractivity contribution is 5.11. The van der Waals surface area contributed by atoms with Gasteiger partial charge in [0.05, 0.1) is 0 Å². The van der Waals surface area contributed by atoms with E-state index in [-0.39, 0.29) is 0 Å². The van der Waals surface area contributed by atoms with Crippen molar-refractivity contribution in [3.8, 4) is 0 Å². The monoisotopic (exact) mass is 208 g/mol. The van der Waals surface area contributed by atoms with Gasteiger partial charge in [-0.15, -0.1) is 0 Å². The lowest BCUT2D eigenvalue weighted by Gasteiger charge is -2.16. The molecule has 0 saturated carbocycles. The zero-order valence-electron chi connectivity index (χ0n) is 10.3. The van der Waals surface area contributed by atoms with Crippen LogP contribution in [0.4, 0.5) is 0 Å². The Labute approximate surface area is 93.7 Å². The summed E-state index contributed by atoms with van der Waals surface area (Å²) in [6.07, 6.45) is 6.10. The van der Waals surface area contributed by atoms with Crippen LogP contribution in [0.15, 0.2) is 18.3 Å². The van der Waals surface area contributed by atoms with Crippen LogP contribution in [0.3, 0.4) is 0 Å². The van der Waals surface area contributed by atoms with E-state index in [9.17, 15) is 0 Å². The third-order valence-electron chi connectivity index (χ3n) is 2.82. The van der Waals surface area contributed by atoms with Gasteiger partial charge in [-0.3, -0.25) is 0 Å². The fourth-order valence-electron chi connectivity index (χ4n) is 1.97. The van der Waals surface area contributed by atoms with Crippen molar-refractivity contribution in [3.63, 3.8) is 0 Å². The van der Waals surface area contributed by atoms with Crippen molar-refractivity contribution in [2.75, 3.05) is 6.54 Å². The molecular formula is C13H24N2. The Kier molecular flexibility index (Phi) is 5.48. The molecule has 86 valence electrons. The molecule has 1 aromatic heterocycles. The Bertz CT molecular complexity index is 265. The van der Waals surface area contributed by atoms with Gasteiger partial charge < -0.3 is 9.88 Å². The summed E-state index contributed by atoms with van der Waals surface area (Å²) in [7, 11) is 0. The SMILES string of the molecule is CCCCCn1cccc1C(C)NCC. The first-order valence-electron chi connectivity index (χ1n) is 6.18. The van der Waals surface area contributed by atoms with E-state index in [0.29, 0.717) is 6.04 Å². The van der Waals surface area contributed by atoms with Gasteiger partial charge in [-0.2, -0.15) is 0 Å². The zero-order valence-corrected chi connectivity index (χ0v) is 10.3. The quantitative estimate of drug-likeness (QED) is 0.680. The molecule has 1 N–H and O–H groups in total. The predicted molar refractivity (Wildman–Crippen MR) is 66.0 cm³/mol. The number of aromatic nitrogens is 1. The van der Waals surface area contributed by atoms with E-state index in [1.807, 2.05) is 0 Å². The number of nitrogens with one attached hydrogen (secondary N) is 1. The number of unbranched alkanes of at least 4 members (excludes halogenated alkanes) is 2. The van der Waals surface area contributed by atoms with Crippen LogP contribution in [0, 0.1) is 0 Å². The van der Waals surface area contributed by atoms with E-state index >= 15 is 0 Å². The van der Waals surface area contributed by atoms with Crippen LogP contribution >= 0.6 is 0 Å². The fourth-order valence-corrected chi connectivity index (χ4v) is 1.97. The number of hydrogen-bond donors (Lipinski definition) is 1. The highest BCUT2D eigenvalue weighted by Gasteiger charge is 2.07. The molecule has 1 atom stereocenters.